The molecular weight excluding hydrogens is 493 g/mol. The average molecular weight is 516 g/mol. The van der Waals surface area contributed by atoms with E-state index in [-0.39, 0.29) is 17.8 Å². The van der Waals surface area contributed by atoms with Gasteiger partial charge in [0, 0.05) is 34.5 Å². The topological polar surface area (TPSA) is 63.9 Å². The number of hydrogen-bond donors (Lipinski definition) is 0. The number of aromatic nitrogens is 4. The zero-order chi connectivity index (χ0) is 24.8. The summed E-state index contributed by atoms with van der Waals surface area (Å²) in [6, 6.07) is 16.0. The van der Waals surface area contributed by atoms with E-state index in [2.05, 4.69) is 28.6 Å². The Morgan fingerprint density at radius 2 is 1.72 bits per heavy atom. The molecule has 0 aliphatic carbocycles. The van der Waals surface area contributed by atoms with Crippen LogP contribution in [0.2, 0.25) is 0 Å². The molecule has 4 heterocycles. The molecule has 1 amide bonds. The summed E-state index contributed by atoms with van der Waals surface area (Å²) in [6.45, 7) is 5.23. The number of aryl methyl sites for hydroxylation is 1. The first-order valence-corrected chi connectivity index (χ1v) is 13.4. The van der Waals surface area contributed by atoms with Crippen molar-refractivity contribution in [1.29, 1.82) is 0 Å². The van der Waals surface area contributed by atoms with Crippen molar-refractivity contribution < 1.29 is 9.18 Å². The third kappa shape index (κ3) is 3.94. The normalized spacial score (nSPS) is 15.2. The molecule has 0 N–H and O–H groups in total. The van der Waals surface area contributed by atoms with Gasteiger partial charge in [0.1, 0.15) is 16.5 Å². The second kappa shape index (κ2) is 9.07. The van der Waals surface area contributed by atoms with Gasteiger partial charge in [-0.05, 0) is 72.8 Å². The first kappa shape index (κ1) is 22.8. The third-order valence-electron chi connectivity index (χ3n) is 6.57. The highest BCUT2D eigenvalue weighted by Gasteiger charge is 2.32. The Hall–Kier alpha value is -3.69. The number of halogens is 1. The summed E-state index contributed by atoms with van der Waals surface area (Å²) in [5, 5.41) is 13.7. The van der Waals surface area contributed by atoms with Crippen molar-refractivity contribution in [3.63, 3.8) is 0 Å². The maximum absolute atomic E-state index is 13.4. The Balaban J connectivity index is 1.23. The van der Waals surface area contributed by atoms with Crippen molar-refractivity contribution in [2.45, 2.75) is 26.4 Å². The van der Waals surface area contributed by atoms with Crippen molar-refractivity contribution in [2.24, 2.45) is 0 Å². The maximum Gasteiger partial charge on any atom is 0.254 e. The van der Waals surface area contributed by atoms with E-state index in [0.717, 1.165) is 27.7 Å². The predicted octanol–water partition coefficient (Wildman–Crippen LogP) is 6.46. The zero-order valence-corrected chi connectivity index (χ0v) is 21.3. The summed E-state index contributed by atoms with van der Waals surface area (Å²) in [7, 11) is 0. The predicted molar refractivity (Wildman–Crippen MR) is 140 cm³/mol. The van der Waals surface area contributed by atoms with Gasteiger partial charge in [-0.15, -0.1) is 32.9 Å². The summed E-state index contributed by atoms with van der Waals surface area (Å²) < 4.78 is 15.3. The molecule has 5 aromatic rings. The van der Waals surface area contributed by atoms with Gasteiger partial charge < -0.3 is 9.47 Å². The van der Waals surface area contributed by atoms with Crippen LogP contribution in [0.25, 0.3) is 33.2 Å². The Labute approximate surface area is 215 Å². The van der Waals surface area contributed by atoms with E-state index in [4.69, 9.17) is 4.98 Å². The molecule has 0 saturated heterocycles. The van der Waals surface area contributed by atoms with Gasteiger partial charge in [-0.2, -0.15) is 0 Å². The Morgan fingerprint density at radius 1 is 0.972 bits per heavy atom. The lowest BCUT2D eigenvalue weighted by molar-refractivity contribution is 0.0638. The molecule has 36 heavy (non-hydrogen) atoms. The van der Waals surface area contributed by atoms with Gasteiger partial charge in [-0.25, -0.2) is 9.37 Å². The fraction of sp³-hybridized carbons (Fsp3) is 0.185. The number of rotatable bonds is 4. The Bertz CT molecular complexity index is 1550. The molecule has 0 radical (unpaired) electrons. The largest absolute Gasteiger partial charge is 0.327 e. The van der Waals surface area contributed by atoms with Gasteiger partial charge in [0.2, 0.25) is 0 Å². The number of carbonyl (C=O) groups excluding carboxylic acids is 1. The highest BCUT2D eigenvalue weighted by Crippen LogP contribution is 2.33. The van der Waals surface area contributed by atoms with Crippen molar-refractivity contribution in [3.05, 3.63) is 87.4 Å². The molecule has 0 fully saturated rings. The van der Waals surface area contributed by atoms with E-state index in [9.17, 15) is 9.18 Å². The molecule has 9 heteroatoms. The molecule has 1 atom stereocenters. The minimum Gasteiger partial charge on any atom is -0.327 e. The lowest BCUT2D eigenvalue weighted by atomic mass is 10.0. The highest BCUT2D eigenvalue weighted by atomic mass is 32.1. The molecule has 0 bridgehead atoms. The number of hydrogen-bond acceptors (Lipinski definition) is 6. The average Bonchev–Trinajstić information content (AvgIpc) is 3.64. The first-order chi connectivity index (χ1) is 17.5. The third-order valence-corrected chi connectivity index (χ3v) is 8.31. The van der Waals surface area contributed by atoms with Crippen LogP contribution >= 0.6 is 22.7 Å². The molecule has 1 unspecified atom stereocenters. The number of carbonyl (C=O) groups is 1. The number of fused-ring (bicyclic) bond motifs is 1. The maximum atomic E-state index is 13.4. The molecule has 0 spiro atoms. The SMILES string of the molecule is Cc1sccc1-c1ccc(C(=O)N2CCn3c(-c4csc(-c5ccc(F)cc5)n4)nnc3C2C)cc1. The molecule has 3 aromatic heterocycles. The molecule has 180 valence electrons. The second-order valence-corrected chi connectivity index (χ2v) is 10.7. The molecule has 2 aromatic carbocycles. The molecule has 6 nitrogen and oxygen atoms in total. The van der Waals surface area contributed by atoms with E-state index in [0.29, 0.717) is 24.5 Å². The summed E-state index contributed by atoms with van der Waals surface area (Å²) in [5.41, 5.74) is 4.57. The number of amides is 1. The Morgan fingerprint density at radius 3 is 2.44 bits per heavy atom. The monoisotopic (exact) mass is 515 g/mol. The number of thiophene rings is 1. The van der Waals surface area contributed by atoms with E-state index in [1.165, 1.54) is 33.9 Å². The number of thiazole rings is 1. The highest BCUT2D eigenvalue weighted by molar-refractivity contribution is 7.13. The molecule has 1 aliphatic rings. The van der Waals surface area contributed by atoms with Crippen LogP contribution in [-0.2, 0) is 6.54 Å². The van der Waals surface area contributed by atoms with Crippen LogP contribution in [0.4, 0.5) is 4.39 Å². The van der Waals surface area contributed by atoms with Crippen molar-refractivity contribution >= 4 is 28.6 Å². The molecular formula is C27H22FN5OS2. The van der Waals surface area contributed by atoms with E-state index >= 15 is 0 Å². The van der Waals surface area contributed by atoms with Gasteiger partial charge in [-0.3, -0.25) is 4.79 Å². The number of nitrogens with zero attached hydrogens (tertiary/aromatic N) is 5. The van der Waals surface area contributed by atoms with Crippen LogP contribution in [0.1, 0.15) is 34.0 Å². The smallest absolute Gasteiger partial charge is 0.254 e. The van der Waals surface area contributed by atoms with Crippen molar-refractivity contribution in [2.75, 3.05) is 6.54 Å². The van der Waals surface area contributed by atoms with Crippen LogP contribution in [0.15, 0.2) is 65.4 Å². The standard InChI is InChI=1S/C27H22FN5OS2/c1-16-24-30-31-25(23-15-36-26(29-23)19-7-9-21(28)10-8-19)33(24)13-12-32(16)27(34)20-5-3-18(4-6-20)22-11-14-35-17(22)2/h3-11,14-16H,12-13H2,1-2H3. The van der Waals surface area contributed by atoms with Crippen molar-refractivity contribution in [3.8, 4) is 33.2 Å². The number of benzene rings is 2. The fourth-order valence-electron chi connectivity index (χ4n) is 4.60. The van der Waals surface area contributed by atoms with Gasteiger partial charge in [0.15, 0.2) is 11.6 Å². The van der Waals surface area contributed by atoms with E-state index in [1.807, 2.05) is 46.0 Å². The fourth-order valence-corrected chi connectivity index (χ4v) is 6.12. The zero-order valence-electron chi connectivity index (χ0n) is 19.7. The van der Waals surface area contributed by atoms with E-state index < -0.39 is 0 Å². The lowest BCUT2D eigenvalue weighted by Crippen LogP contribution is -2.41. The van der Waals surface area contributed by atoms with Crippen LogP contribution in [0, 0.1) is 12.7 Å². The Kier molecular flexibility index (Phi) is 5.73. The van der Waals surface area contributed by atoms with Crippen LogP contribution < -0.4 is 0 Å². The van der Waals surface area contributed by atoms with Crippen LogP contribution in [0.5, 0.6) is 0 Å². The summed E-state index contributed by atoms with van der Waals surface area (Å²) in [5.74, 6) is 1.14. The first-order valence-electron chi connectivity index (χ1n) is 11.6. The van der Waals surface area contributed by atoms with Gasteiger partial charge in [-0.1, -0.05) is 12.1 Å². The molecule has 1 aliphatic heterocycles. The van der Waals surface area contributed by atoms with Gasteiger partial charge in [0.25, 0.3) is 5.91 Å². The van der Waals surface area contributed by atoms with Gasteiger partial charge in [0.05, 0.1) is 6.04 Å². The minimum atomic E-state index is -0.274. The van der Waals surface area contributed by atoms with Crippen molar-refractivity contribution in [1.82, 2.24) is 24.6 Å². The molecule has 6 rings (SSSR count). The lowest BCUT2D eigenvalue weighted by Gasteiger charge is -2.33. The van der Waals surface area contributed by atoms with E-state index in [1.54, 1.807) is 23.5 Å². The van der Waals surface area contributed by atoms with Gasteiger partial charge >= 0.3 is 0 Å². The summed E-state index contributed by atoms with van der Waals surface area (Å²) in [6.07, 6.45) is 0. The van der Waals surface area contributed by atoms with Crippen LogP contribution in [-0.4, -0.2) is 37.1 Å². The van der Waals surface area contributed by atoms with Crippen LogP contribution in [0.3, 0.4) is 0 Å². The quantitative estimate of drug-likeness (QED) is 0.276. The second-order valence-electron chi connectivity index (χ2n) is 8.72. The summed E-state index contributed by atoms with van der Waals surface area (Å²) in [4.78, 5) is 21.2. The summed E-state index contributed by atoms with van der Waals surface area (Å²) >= 11 is 3.20. The molecule has 0 saturated carbocycles. The minimum absolute atomic E-state index is 0.0147.